The van der Waals surface area contributed by atoms with E-state index in [-0.39, 0.29) is 0 Å². The van der Waals surface area contributed by atoms with E-state index in [2.05, 4.69) is 12.2 Å². The lowest BCUT2D eigenvalue weighted by Crippen LogP contribution is -2.36. The van der Waals surface area contributed by atoms with Crippen LogP contribution in [0, 0.1) is 5.92 Å². The molecule has 0 aromatic heterocycles. The highest BCUT2D eigenvalue weighted by Gasteiger charge is 2.23. The smallest absolute Gasteiger partial charge is 0.179 e. The van der Waals surface area contributed by atoms with E-state index in [4.69, 9.17) is 21.1 Å². The van der Waals surface area contributed by atoms with E-state index in [1.165, 1.54) is 19.3 Å². The van der Waals surface area contributed by atoms with Gasteiger partial charge in [0, 0.05) is 12.6 Å². The normalized spacial score (nSPS) is 19.9. The third-order valence-electron chi connectivity index (χ3n) is 4.14. The van der Waals surface area contributed by atoms with Gasteiger partial charge in [0.05, 0.1) is 5.02 Å². The van der Waals surface area contributed by atoms with Crippen LogP contribution in [-0.4, -0.2) is 19.3 Å². The molecule has 1 aromatic carbocycles. The molecule has 1 fully saturated rings. The van der Waals surface area contributed by atoms with Crippen molar-refractivity contribution in [3.8, 4) is 11.5 Å². The summed E-state index contributed by atoms with van der Waals surface area (Å²) in [6.07, 6.45) is 4.10. The van der Waals surface area contributed by atoms with E-state index in [0.29, 0.717) is 30.0 Å². The van der Waals surface area contributed by atoms with Crippen LogP contribution in [0.2, 0.25) is 5.02 Å². The SMILES string of the molecule is CC(NCc1cc(Cl)c2c(c1)OCCO2)C1CCC1. The van der Waals surface area contributed by atoms with Crippen molar-refractivity contribution in [2.45, 2.75) is 38.8 Å². The summed E-state index contributed by atoms with van der Waals surface area (Å²) in [7, 11) is 0. The molecule has 4 heteroatoms. The van der Waals surface area contributed by atoms with Gasteiger partial charge in [-0.25, -0.2) is 0 Å². The number of ether oxygens (including phenoxy) is 2. The minimum atomic E-state index is 0.570. The van der Waals surface area contributed by atoms with E-state index in [0.717, 1.165) is 23.8 Å². The number of hydrogen-bond donors (Lipinski definition) is 1. The quantitative estimate of drug-likeness (QED) is 0.918. The Morgan fingerprint density at radius 3 is 2.84 bits per heavy atom. The van der Waals surface area contributed by atoms with Crippen molar-refractivity contribution in [3.63, 3.8) is 0 Å². The van der Waals surface area contributed by atoms with Crippen molar-refractivity contribution in [2.24, 2.45) is 5.92 Å². The van der Waals surface area contributed by atoms with Crippen LogP contribution in [0.25, 0.3) is 0 Å². The number of fused-ring (bicyclic) bond motifs is 1. The minimum absolute atomic E-state index is 0.570. The molecule has 19 heavy (non-hydrogen) atoms. The summed E-state index contributed by atoms with van der Waals surface area (Å²) in [5.74, 6) is 2.29. The summed E-state index contributed by atoms with van der Waals surface area (Å²) in [6, 6.07) is 4.57. The van der Waals surface area contributed by atoms with Crippen LogP contribution in [0.3, 0.4) is 0 Å². The van der Waals surface area contributed by atoms with Crippen LogP contribution < -0.4 is 14.8 Å². The number of nitrogens with one attached hydrogen (secondary N) is 1. The van der Waals surface area contributed by atoms with Crippen LogP contribution in [0.1, 0.15) is 31.7 Å². The second-order valence-corrected chi connectivity index (χ2v) is 5.87. The van der Waals surface area contributed by atoms with E-state index in [9.17, 15) is 0 Å². The first-order valence-electron chi connectivity index (χ1n) is 7.05. The van der Waals surface area contributed by atoms with Gasteiger partial charge in [-0.2, -0.15) is 0 Å². The van der Waals surface area contributed by atoms with Gasteiger partial charge in [-0.05, 0) is 43.4 Å². The lowest BCUT2D eigenvalue weighted by molar-refractivity contribution is 0.171. The molecule has 1 heterocycles. The Balaban J connectivity index is 1.65. The van der Waals surface area contributed by atoms with Crippen molar-refractivity contribution >= 4 is 11.6 Å². The summed E-state index contributed by atoms with van der Waals surface area (Å²) in [5.41, 5.74) is 1.15. The number of benzene rings is 1. The van der Waals surface area contributed by atoms with E-state index >= 15 is 0 Å². The highest BCUT2D eigenvalue weighted by atomic mass is 35.5. The molecule has 1 aliphatic heterocycles. The van der Waals surface area contributed by atoms with Gasteiger partial charge in [0.1, 0.15) is 13.2 Å². The Bertz CT molecular complexity index is 460. The van der Waals surface area contributed by atoms with Gasteiger partial charge in [0.25, 0.3) is 0 Å². The Morgan fingerprint density at radius 2 is 2.11 bits per heavy atom. The number of halogens is 1. The summed E-state index contributed by atoms with van der Waals surface area (Å²) >= 11 is 6.23. The molecule has 0 amide bonds. The Hall–Kier alpha value is -0.930. The van der Waals surface area contributed by atoms with Crippen LogP contribution in [-0.2, 0) is 6.54 Å². The Morgan fingerprint density at radius 1 is 1.32 bits per heavy atom. The first-order chi connectivity index (χ1) is 9.24. The number of rotatable bonds is 4. The lowest BCUT2D eigenvalue weighted by atomic mass is 9.80. The first-order valence-corrected chi connectivity index (χ1v) is 7.43. The topological polar surface area (TPSA) is 30.5 Å². The zero-order valence-electron chi connectivity index (χ0n) is 11.2. The predicted molar refractivity (Wildman–Crippen MR) is 76.1 cm³/mol. The maximum atomic E-state index is 6.23. The standard InChI is InChI=1S/C15H20ClNO2/c1-10(12-3-2-4-12)17-9-11-7-13(16)15-14(8-11)18-5-6-19-15/h7-8,10,12,17H,2-6,9H2,1H3. The van der Waals surface area contributed by atoms with Gasteiger partial charge in [-0.15, -0.1) is 0 Å². The highest BCUT2D eigenvalue weighted by Crippen LogP contribution is 2.38. The van der Waals surface area contributed by atoms with Crippen molar-refractivity contribution in [1.82, 2.24) is 5.32 Å². The van der Waals surface area contributed by atoms with Crippen LogP contribution in [0.4, 0.5) is 0 Å². The van der Waals surface area contributed by atoms with Gasteiger partial charge >= 0.3 is 0 Å². The fourth-order valence-electron chi connectivity index (χ4n) is 2.65. The largest absolute Gasteiger partial charge is 0.486 e. The fourth-order valence-corrected chi connectivity index (χ4v) is 2.94. The summed E-state index contributed by atoms with van der Waals surface area (Å²) in [6.45, 7) is 4.26. The van der Waals surface area contributed by atoms with Crippen LogP contribution in [0.5, 0.6) is 11.5 Å². The number of hydrogen-bond acceptors (Lipinski definition) is 3. The van der Waals surface area contributed by atoms with Crippen molar-refractivity contribution in [3.05, 3.63) is 22.7 Å². The molecular weight excluding hydrogens is 262 g/mol. The predicted octanol–water partition coefficient (Wildman–Crippen LogP) is 3.39. The minimum Gasteiger partial charge on any atom is -0.486 e. The van der Waals surface area contributed by atoms with Crippen molar-refractivity contribution in [1.29, 1.82) is 0 Å². The van der Waals surface area contributed by atoms with Gasteiger partial charge in [0.2, 0.25) is 0 Å². The molecule has 1 aliphatic carbocycles. The molecule has 1 atom stereocenters. The molecule has 3 nitrogen and oxygen atoms in total. The molecule has 1 N–H and O–H groups in total. The Labute approximate surface area is 119 Å². The maximum Gasteiger partial charge on any atom is 0.179 e. The average molecular weight is 282 g/mol. The zero-order valence-corrected chi connectivity index (χ0v) is 12.0. The molecule has 3 rings (SSSR count). The fraction of sp³-hybridized carbons (Fsp3) is 0.600. The molecule has 1 unspecified atom stereocenters. The van der Waals surface area contributed by atoms with E-state index in [1.807, 2.05) is 12.1 Å². The van der Waals surface area contributed by atoms with Gasteiger partial charge < -0.3 is 14.8 Å². The molecule has 0 bridgehead atoms. The van der Waals surface area contributed by atoms with Gasteiger partial charge in [0.15, 0.2) is 11.5 Å². The summed E-state index contributed by atoms with van der Waals surface area (Å²) in [4.78, 5) is 0. The van der Waals surface area contributed by atoms with Crippen molar-refractivity contribution in [2.75, 3.05) is 13.2 Å². The second-order valence-electron chi connectivity index (χ2n) is 5.46. The molecule has 1 aromatic rings. The molecule has 2 aliphatic rings. The van der Waals surface area contributed by atoms with E-state index in [1.54, 1.807) is 0 Å². The first kappa shape index (κ1) is 13.1. The maximum absolute atomic E-state index is 6.23. The zero-order chi connectivity index (χ0) is 13.2. The van der Waals surface area contributed by atoms with Crippen LogP contribution >= 0.6 is 11.6 Å². The molecule has 0 spiro atoms. The van der Waals surface area contributed by atoms with E-state index < -0.39 is 0 Å². The highest BCUT2D eigenvalue weighted by molar-refractivity contribution is 6.32. The second kappa shape index (κ2) is 5.59. The lowest BCUT2D eigenvalue weighted by Gasteiger charge is -2.32. The molecular formula is C15H20ClNO2. The molecule has 0 radical (unpaired) electrons. The van der Waals surface area contributed by atoms with Crippen molar-refractivity contribution < 1.29 is 9.47 Å². The third-order valence-corrected chi connectivity index (χ3v) is 4.42. The monoisotopic (exact) mass is 281 g/mol. The Kier molecular flexibility index (Phi) is 3.85. The third kappa shape index (κ3) is 2.82. The summed E-state index contributed by atoms with van der Waals surface area (Å²) in [5, 5.41) is 4.22. The van der Waals surface area contributed by atoms with Crippen LogP contribution in [0.15, 0.2) is 12.1 Å². The molecule has 1 saturated carbocycles. The van der Waals surface area contributed by atoms with Gasteiger partial charge in [-0.1, -0.05) is 18.0 Å². The van der Waals surface area contributed by atoms with Gasteiger partial charge in [-0.3, -0.25) is 0 Å². The molecule has 0 saturated heterocycles. The average Bonchev–Trinajstić information content (AvgIpc) is 2.34. The molecule has 104 valence electrons. The summed E-state index contributed by atoms with van der Waals surface area (Å²) < 4.78 is 11.1.